The van der Waals surface area contributed by atoms with E-state index in [1.165, 1.54) is 6.07 Å². The summed E-state index contributed by atoms with van der Waals surface area (Å²) in [6.45, 7) is 4.80. The number of hydrogen-bond donors (Lipinski definition) is 2. The predicted molar refractivity (Wildman–Crippen MR) is 77.0 cm³/mol. The maximum Gasteiger partial charge on any atom is 0.250 e. The number of nitrogens with two attached hydrogens (primary N) is 2. The molecular formula is C13H17ClN4O. The Hall–Kier alpha value is -1.93. The van der Waals surface area contributed by atoms with E-state index in [1.807, 2.05) is 11.8 Å². The number of amides is 1. The molecule has 1 rings (SSSR count). The van der Waals surface area contributed by atoms with Crippen LogP contribution in [0.25, 0.3) is 0 Å². The quantitative estimate of drug-likeness (QED) is 0.806. The van der Waals surface area contributed by atoms with Crippen LogP contribution in [0.3, 0.4) is 0 Å². The summed E-state index contributed by atoms with van der Waals surface area (Å²) in [5.74, 6) is -0.776. The minimum absolute atomic E-state index is 0.186. The molecule has 1 aromatic rings. The molecule has 1 unspecified atom stereocenters. The summed E-state index contributed by atoms with van der Waals surface area (Å²) < 4.78 is 0. The molecule has 1 atom stereocenters. The normalized spacial score (nSPS) is 11.7. The fourth-order valence-electron chi connectivity index (χ4n) is 1.88. The number of carbonyl (C=O) groups is 1. The number of anilines is 2. The fraction of sp³-hybridized carbons (Fsp3) is 0.385. The Morgan fingerprint density at radius 2 is 2.21 bits per heavy atom. The van der Waals surface area contributed by atoms with Gasteiger partial charge >= 0.3 is 0 Å². The third-order valence-electron chi connectivity index (χ3n) is 2.76. The maximum absolute atomic E-state index is 11.5. The summed E-state index contributed by atoms with van der Waals surface area (Å²) in [6.07, 6.45) is 0. The van der Waals surface area contributed by atoms with Gasteiger partial charge in [-0.2, -0.15) is 5.26 Å². The molecule has 0 bridgehead atoms. The molecule has 0 aromatic heterocycles. The number of primary amides is 1. The number of hydrogen-bond acceptors (Lipinski definition) is 4. The molecule has 1 aromatic carbocycles. The molecule has 0 aliphatic heterocycles. The summed E-state index contributed by atoms with van der Waals surface area (Å²) in [4.78, 5) is 13.4. The van der Waals surface area contributed by atoms with Crippen LogP contribution >= 0.6 is 11.6 Å². The highest BCUT2D eigenvalue weighted by atomic mass is 35.5. The van der Waals surface area contributed by atoms with Crippen LogP contribution in [0.15, 0.2) is 12.1 Å². The monoisotopic (exact) mass is 280 g/mol. The van der Waals surface area contributed by atoms with Crippen molar-refractivity contribution >= 4 is 28.9 Å². The van der Waals surface area contributed by atoms with Crippen LogP contribution in [-0.4, -0.2) is 19.0 Å². The lowest BCUT2D eigenvalue weighted by Gasteiger charge is -2.27. The van der Waals surface area contributed by atoms with Gasteiger partial charge in [0.15, 0.2) is 0 Å². The first kappa shape index (κ1) is 15.1. The molecule has 0 fully saturated rings. The lowest BCUT2D eigenvalue weighted by Crippen LogP contribution is -2.30. The van der Waals surface area contributed by atoms with Gasteiger partial charge < -0.3 is 16.4 Å². The minimum atomic E-state index is -0.590. The molecule has 0 saturated carbocycles. The lowest BCUT2D eigenvalue weighted by molar-refractivity contribution is 0.100. The van der Waals surface area contributed by atoms with Gasteiger partial charge in [0.25, 0.3) is 5.91 Å². The Kier molecular flexibility index (Phi) is 5.02. The third kappa shape index (κ3) is 3.52. The second-order valence-corrected chi connectivity index (χ2v) is 4.74. The van der Waals surface area contributed by atoms with Crippen LogP contribution < -0.4 is 16.4 Å². The van der Waals surface area contributed by atoms with Gasteiger partial charge in [0.2, 0.25) is 0 Å². The smallest absolute Gasteiger partial charge is 0.250 e. The molecule has 0 spiro atoms. The molecule has 102 valence electrons. The first-order valence-electron chi connectivity index (χ1n) is 5.94. The van der Waals surface area contributed by atoms with E-state index < -0.39 is 5.91 Å². The van der Waals surface area contributed by atoms with Gasteiger partial charge in [0.05, 0.1) is 28.3 Å². The van der Waals surface area contributed by atoms with E-state index in [1.54, 1.807) is 13.0 Å². The van der Waals surface area contributed by atoms with E-state index in [0.717, 1.165) is 0 Å². The topological polar surface area (TPSA) is 96.1 Å². The first-order valence-corrected chi connectivity index (χ1v) is 6.31. The molecule has 0 aliphatic carbocycles. The number of carbonyl (C=O) groups excluding carboxylic acids is 1. The Labute approximate surface area is 117 Å². The van der Waals surface area contributed by atoms with Gasteiger partial charge in [-0.05, 0) is 26.0 Å². The van der Waals surface area contributed by atoms with Gasteiger partial charge in [-0.3, -0.25) is 4.79 Å². The molecule has 1 amide bonds. The summed E-state index contributed by atoms with van der Waals surface area (Å²) in [5.41, 5.74) is 12.2. The third-order valence-corrected chi connectivity index (χ3v) is 3.05. The zero-order valence-corrected chi connectivity index (χ0v) is 11.7. The van der Waals surface area contributed by atoms with E-state index in [4.69, 9.17) is 28.3 Å². The summed E-state index contributed by atoms with van der Waals surface area (Å²) in [5, 5.41) is 9.26. The number of nitriles is 1. The Morgan fingerprint density at radius 1 is 1.58 bits per heavy atom. The number of nitrogens with zero attached hydrogens (tertiary/aromatic N) is 2. The van der Waals surface area contributed by atoms with Gasteiger partial charge in [0.1, 0.15) is 0 Å². The molecule has 0 heterocycles. The van der Waals surface area contributed by atoms with Crippen LogP contribution in [0.4, 0.5) is 11.4 Å². The lowest BCUT2D eigenvalue weighted by atomic mass is 10.1. The summed E-state index contributed by atoms with van der Waals surface area (Å²) in [6, 6.07) is 5.23. The van der Waals surface area contributed by atoms with E-state index in [2.05, 4.69) is 6.07 Å². The van der Waals surface area contributed by atoms with Gasteiger partial charge in [-0.1, -0.05) is 11.6 Å². The van der Waals surface area contributed by atoms with E-state index >= 15 is 0 Å². The molecule has 19 heavy (non-hydrogen) atoms. The molecular weight excluding hydrogens is 264 g/mol. The second kappa shape index (κ2) is 6.30. The van der Waals surface area contributed by atoms with Crippen molar-refractivity contribution in [2.75, 3.05) is 23.7 Å². The Bertz CT molecular complexity index is 524. The van der Waals surface area contributed by atoms with Crippen molar-refractivity contribution in [2.45, 2.75) is 13.8 Å². The highest BCUT2D eigenvalue weighted by molar-refractivity contribution is 6.34. The molecule has 0 saturated heterocycles. The largest absolute Gasteiger partial charge is 0.399 e. The molecule has 0 radical (unpaired) electrons. The van der Waals surface area contributed by atoms with Crippen molar-refractivity contribution < 1.29 is 4.79 Å². The van der Waals surface area contributed by atoms with Gasteiger partial charge in [0, 0.05) is 18.8 Å². The van der Waals surface area contributed by atoms with Crippen LogP contribution in [0.5, 0.6) is 0 Å². The SMILES string of the molecule is CCN(CC(C)C#N)c1c(Cl)cc(N)cc1C(N)=O. The fourth-order valence-corrected chi connectivity index (χ4v) is 2.23. The summed E-state index contributed by atoms with van der Waals surface area (Å²) >= 11 is 6.17. The number of nitrogen functional groups attached to an aromatic ring is 1. The van der Waals surface area contributed by atoms with E-state index in [9.17, 15) is 4.79 Å². The predicted octanol–water partition coefficient (Wildman–Crippen LogP) is 2.01. The highest BCUT2D eigenvalue weighted by Crippen LogP contribution is 2.32. The van der Waals surface area contributed by atoms with Gasteiger partial charge in [-0.25, -0.2) is 0 Å². The van der Waals surface area contributed by atoms with Crippen molar-refractivity contribution in [2.24, 2.45) is 11.7 Å². The zero-order chi connectivity index (χ0) is 14.6. The molecule has 6 heteroatoms. The molecule has 4 N–H and O–H groups in total. The van der Waals surface area contributed by atoms with Crippen LogP contribution in [-0.2, 0) is 0 Å². The van der Waals surface area contributed by atoms with Crippen molar-refractivity contribution in [3.05, 3.63) is 22.7 Å². The summed E-state index contributed by atoms with van der Waals surface area (Å²) in [7, 11) is 0. The van der Waals surface area contributed by atoms with Crippen LogP contribution in [0.1, 0.15) is 24.2 Å². The van der Waals surface area contributed by atoms with Crippen molar-refractivity contribution in [3.63, 3.8) is 0 Å². The van der Waals surface area contributed by atoms with Crippen LogP contribution in [0.2, 0.25) is 5.02 Å². The zero-order valence-electron chi connectivity index (χ0n) is 11.0. The number of halogens is 1. The van der Waals surface area contributed by atoms with Crippen molar-refractivity contribution in [1.29, 1.82) is 5.26 Å². The van der Waals surface area contributed by atoms with Gasteiger partial charge in [-0.15, -0.1) is 0 Å². The minimum Gasteiger partial charge on any atom is -0.399 e. The molecule has 0 aliphatic rings. The Balaban J connectivity index is 3.30. The maximum atomic E-state index is 11.5. The molecule has 5 nitrogen and oxygen atoms in total. The highest BCUT2D eigenvalue weighted by Gasteiger charge is 2.19. The van der Waals surface area contributed by atoms with Crippen molar-refractivity contribution in [3.8, 4) is 6.07 Å². The number of benzene rings is 1. The van der Waals surface area contributed by atoms with Crippen molar-refractivity contribution in [1.82, 2.24) is 0 Å². The standard InChI is InChI=1S/C13H17ClN4O/c1-3-18(7-8(2)6-15)12-10(13(17)19)4-9(16)5-11(12)14/h4-5,8H,3,7,16H2,1-2H3,(H2,17,19). The Morgan fingerprint density at radius 3 is 2.68 bits per heavy atom. The second-order valence-electron chi connectivity index (χ2n) is 4.33. The number of rotatable bonds is 5. The first-order chi connectivity index (χ1) is 8.90. The van der Waals surface area contributed by atoms with E-state index in [-0.39, 0.29) is 11.5 Å². The average molecular weight is 281 g/mol. The van der Waals surface area contributed by atoms with E-state index in [0.29, 0.717) is 29.5 Å². The average Bonchev–Trinajstić information content (AvgIpc) is 2.35. The van der Waals surface area contributed by atoms with Crippen LogP contribution in [0, 0.1) is 17.2 Å².